The topological polar surface area (TPSA) is 32.3 Å². The van der Waals surface area contributed by atoms with Gasteiger partial charge in [-0.25, -0.2) is 4.79 Å². The van der Waals surface area contributed by atoms with Gasteiger partial charge in [0.1, 0.15) is 0 Å². The van der Waals surface area contributed by atoms with Crippen molar-refractivity contribution in [2.24, 2.45) is 0 Å². The van der Waals surface area contributed by atoms with Crippen molar-refractivity contribution in [3.05, 3.63) is 29.3 Å². The summed E-state index contributed by atoms with van der Waals surface area (Å²) in [5, 5.41) is 3.50. The number of halogens is 2. The second-order valence-corrected chi connectivity index (χ2v) is 5.75. The van der Waals surface area contributed by atoms with E-state index in [0.29, 0.717) is 5.02 Å². The predicted octanol–water partition coefficient (Wildman–Crippen LogP) is -0.732. The van der Waals surface area contributed by atoms with Crippen LogP contribution in [0.15, 0.2) is 24.3 Å². The molecule has 19 heavy (non-hydrogen) atoms. The Morgan fingerprint density at radius 1 is 1.32 bits per heavy atom. The van der Waals surface area contributed by atoms with Gasteiger partial charge in [-0.3, -0.25) is 0 Å². The molecule has 0 spiro atoms. The van der Waals surface area contributed by atoms with E-state index in [4.69, 9.17) is 11.6 Å². The molecule has 0 unspecified atom stereocenters. The van der Waals surface area contributed by atoms with Gasteiger partial charge in [0.15, 0.2) is 0 Å². The molecule has 106 valence electrons. The van der Waals surface area contributed by atoms with Crippen LogP contribution in [0.1, 0.15) is 0 Å². The Labute approximate surface area is 136 Å². The molecule has 1 N–H and O–H groups in total. The smallest absolute Gasteiger partial charge is 0.322 e. The molecule has 0 saturated carbocycles. The lowest BCUT2D eigenvalue weighted by Gasteiger charge is -2.38. The normalized spacial score (nSPS) is 17.5. The molecular weight excluding hydrogens is 377 g/mol. The molecule has 2 amide bonds. The number of rotatable bonds is 1. The van der Waals surface area contributed by atoms with Crippen molar-refractivity contribution in [3.63, 3.8) is 0 Å². The van der Waals surface area contributed by atoms with Crippen molar-refractivity contribution in [3.8, 4) is 0 Å². The van der Waals surface area contributed by atoms with E-state index >= 15 is 0 Å². The molecule has 0 radical (unpaired) electrons. The standard InChI is InChI=1S/C13H18ClN3O.HI/c1-17(2)8-6-16(7-9-17)13(18)15-12-5-3-4-11(14)10-12;/h3-5,10H,6-9H2,1-2H3;1H. The van der Waals surface area contributed by atoms with Gasteiger partial charge in [-0.2, -0.15) is 0 Å². The molecule has 1 aromatic carbocycles. The first-order chi connectivity index (χ1) is 8.46. The number of urea groups is 1. The minimum Gasteiger partial charge on any atom is -1.00 e. The molecule has 2 rings (SSSR count). The third-order valence-electron chi connectivity index (χ3n) is 3.31. The number of nitrogens with zero attached hydrogens (tertiary/aromatic N) is 2. The van der Waals surface area contributed by atoms with Crippen LogP contribution in [0, 0.1) is 0 Å². The van der Waals surface area contributed by atoms with Crippen LogP contribution >= 0.6 is 11.6 Å². The van der Waals surface area contributed by atoms with Gasteiger partial charge >= 0.3 is 6.03 Å². The van der Waals surface area contributed by atoms with E-state index < -0.39 is 0 Å². The van der Waals surface area contributed by atoms with E-state index in [1.54, 1.807) is 12.1 Å². The molecule has 6 heteroatoms. The highest BCUT2D eigenvalue weighted by Gasteiger charge is 2.27. The number of nitrogens with one attached hydrogen (secondary N) is 1. The van der Waals surface area contributed by atoms with Gasteiger partial charge in [-0.15, -0.1) is 0 Å². The predicted molar refractivity (Wildman–Crippen MR) is 73.9 cm³/mol. The van der Waals surface area contributed by atoms with Crippen LogP contribution in [0.4, 0.5) is 10.5 Å². The molecule has 1 aliphatic heterocycles. The Balaban J connectivity index is 0.00000180. The first-order valence-electron chi connectivity index (χ1n) is 6.10. The van der Waals surface area contributed by atoms with Crippen molar-refractivity contribution in [1.82, 2.24) is 4.90 Å². The Hall–Kier alpha value is -0.530. The number of quaternary nitrogens is 1. The number of hydrogen-bond donors (Lipinski definition) is 1. The van der Waals surface area contributed by atoms with Crippen LogP contribution < -0.4 is 29.3 Å². The largest absolute Gasteiger partial charge is 1.00 e. The number of anilines is 1. The van der Waals surface area contributed by atoms with Crippen molar-refractivity contribution >= 4 is 23.3 Å². The zero-order valence-corrected chi connectivity index (χ0v) is 14.1. The van der Waals surface area contributed by atoms with Crippen LogP contribution in [0.2, 0.25) is 5.02 Å². The second-order valence-electron chi connectivity index (χ2n) is 5.31. The first kappa shape index (κ1) is 16.5. The summed E-state index contributed by atoms with van der Waals surface area (Å²) in [6, 6.07) is 7.17. The van der Waals surface area contributed by atoms with Gasteiger partial charge in [-0.1, -0.05) is 17.7 Å². The number of hydrogen-bond acceptors (Lipinski definition) is 1. The molecule has 0 atom stereocenters. The maximum absolute atomic E-state index is 12.1. The molecule has 1 aromatic rings. The fourth-order valence-electron chi connectivity index (χ4n) is 1.98. The Kier molecular flexibility index (Phi) is 5.88. The molecule has 1 fully saturated rings. The number of piperazine rings is 1. The van der Waals surface area contributed by atoms with Gasteiger partial charge in [-0.05, 0) is 18.2 Å². The van der Waals surface area contributed by atoms with Crippen LogP contribution in [-0.2, 0) is 0 Å². The third kappa shape index (κ3) is 4.81. The molecular formula is C13H19ClIN3O. The Morgan fingerprint density at radius 3 is 2.53 bits per heavy atom. The minimum absolute atomic E-state index is 0. The van der Waals surface area contributed by atoms with Gasteiger partial charge in [0.25, 0.3) is 0 Å². The van der Waals surface area contributed by atoms with Crippen molar-refractivity contribution in [2.75, 3.05) is 45.6 Å². The van der Waals surface area contributed by atoms with Gasteiger partial charge in [0.05, 0.1) is 40.3 Å². The maximum atomic E-state index is 12.1. The van der Waals surface area contributed by atoms with E-state index in [1.165, 1.54) is 0 Å². The van der Waals surface area contributed by atoms with Gasteiger partial charge < -0.3 is 38.7 Å². The summed E-state index contributed by atoms with van der Waals surface area (Å²) in [6.45, 7) is 3.56. The lowest BCUT2D eigenvalue weighted by atomic mass is 10.3. The van der Waals surface area contributed by atoms with Crippen molar-refractivity contribution in [1.29, 1.82) is 0 Å². The van der Waals surface area contributed by atoms with Crippen molar-refractivity contribution in [2.45, 2.75) is 0 Å². The van der Waals surface area contributed by atoms with E-state index in [9.17, 15) is 4.79 Å². The summed E-state index contributed by atoms with van der Waals surface area (Å²) in [5.74, 6) is 0. The quantitative estimate of drug-likeness (QED) is 0.493. The second kappa shape index (κ2) is 6.76. The highest BCUT2D eigenvalue weighted by Crippen LogP contribution is 2.16. The molecule has 1 aliphatic rings. The summed E-state index contributed by atoms with van der Waals surface area (Å²) in [7, 11) is 4.37. The summed E-state index contributed by atoms with van der Waals surface area (Å²) in [6.07, 6.45) is 0. The van der Waals surface area contributed by atoms with Gasteiger partial charge in [0, 0.05) is 10.7 Å². The summed E-state index contributed by atoms with van der Waals surface area (Å²) >= 11 is 5.88. The zero-order valence-electron chi connectivity index (χ0n) is 11.2. The highest BCUT2D eigenvalue weighted by molar-refractivity contribution is 6.30. The molecule has 0 aliphatic carbocycles. The van der Waals surface area contributed by atoms with Crippen LogP contribution in [0.3, 0.4) is 0 Å². The summed E-state index contributed by atoms with van der Waals surface area (Å²) < 4.78 is 0.973. The molecule has 1 saturated heterocycles. The van der Waals surface area contributed by atoms with E-state index in [1.807, 2.05) is 17.0 Å². The molecule has 4 nitrogen and oxygen atoms in total. The molecule has 1 heterocycles. The van der Waals surface area contributed by atoms with Crippen molar-refractivity contribution < 1.29 is 33.3 Å². The fraction of sp³-hybridized carbons (Fsp3) is 0.462. The van der Waals surface area contributed by atoms with Crippen LogP contribution in [0.5, 0.6) is 0 Å². The number of amides is 2. The van der Waals surface area contributed by atoms with E-state index in [0.717, 1.165) is 36.3 Å². The monoisotopic (exact) mass is 395 g/mol. The van der Waals surface area contributed by atoms with Crippen LogP contribution in [-0.4, -0.2) is 55.7 Å². The average Bonchev–Trinajstić information content (AvgIpc) is 2.28. The third-order valence-corrected chi connectivity index (χ3v) is 3.55. The number of carbonyl (C=O) groups is 1. The highest BCUT2D eigenvalue weighted by atomic mass is 127. The fourth-order valence-corrected chi connectivity index (χ4v) is 2.17. The lowest BCUT2D eigenvalue weighted by Crippen LogP contribution is -3.00. The van der Waals surface area contributed by atoms with E-state index in [2.05, 4.69) is 19.4 Å². The zero-order chi connectivity index (χ0) is 13.2. The molecule has 0 bridgehead atoms. The number of likely N-dealkylation sites (N-methyl/N-ethyl adjacent to an activating group) is 1. The summed E-state index contributed by atoms with van der Waals surface area (Å²) in [5.41, 5.74) is 0.742. The Morgan fingerprint density at radius 2 is 1.95 bits per heavy atom. The summed E-state index contributed by atoms with van der Waals surface area (Å²) in [4.78, 5) is 13.9. The number of benzene rings is 1. The SMILES string of the molecule is C[N+]1(C)CCN(C(=O)Nc2cccc(Cl)c2)CC1.[I-]. The maximum Gasteiger partial charge on any atom is 0.322 e. The molecule has 0 aromatic heterocycles. The van der Waals surface area contributed by atoms with E-state index in [-0.39, 0.29) is 30.0 Å². The van der Waals surface area contributed by atoms with Crippen LogP contribution in [0.25, 0.3) is 0 Å². The average molecular weight is 396 g/mol. The van der Waals surface area contributed by atoms with Gasteiger partial charge in [0.2, 0.25) is 0 Å². The Bertz CT molecular complexity index is 443. The number of carbonyl (C=O) groups excluding carboxylic acids is 1. The first-order valence-corrected chi connectivity index (χ1v) is 6.48. The minimum atomic E-state index is -0.0445. The lowest BCUT2D eigenvalue weighted by molar-refractivity contribution is -0.894.